The molecule has 0 saturated heterocycles. The van der Waals surface area contributed by atoms with E-state index < -0.39 is 0 Å². The van der Waals surface area contributed by atoms with Crippen molar-refractivity contribution in [3.8, 4) is 0 Å². The fraction of sp³-hybridized carbons (Fsp3) is 0.600. The number of hydrogen-bond acceptors (Lipinski definition) is 3. The molecule has 1 aliphatic rings. The standard InChI is InChI=1S/C15H24N2S/c1-3-17(11-12-6-4-7-12)14-8-5-9-15(18-2)13(14)10-16/h5,8-9,12H,3-4,6-7,10-11,16H2,1-2H3. The highest BCUT2D eigenvalue weighted by molar-refractivity contribution is 7.98. The van der Waals surface area contributed by atoms with Crippen molar-refractivity contribution in [2.24, 2.45) is 11.7 Å². The summed E-state index contributed by atoms with van der Waals surface area (Å²) in [6, 6.07) is 6.56. The Morgan fingerprint density at radius 3 is 2.67 bits per heavy atom. The minimum Gasteiger partial charge on any atom is -0.371 e. The largest absolute Gasteiger partial charge is 0.371 e. The lowest BCUT2D eigenvalue weighted by Crippen LogP contribution is -2.33. The summed E-state index contributed by atoms with van der Waals surface area (Å²) in [6.45, 7) is 5.14. The molecule has 2 N–H and O–H groups in total. The maximum atomic E-state index is 5.96. The Morgan fingerprint density at radius 1 is 1.39 bits per heavy atom. The smallest absolute Gasteiger partial charge is 0.0423 e. The van der Waals surface area contributed by atoms with Crippen molar-refractivity contribution in [2.45, 2.75) is 37.6 Å². The van der Waals surface area contributed by atoms with Crippen LogP contribution >= 0.6 is 11.8 Å². The molecule has 0 amide bonds. The van der Waals surface area contributed by atoms with E-state index in [4.69, 9.17) is 5.73 Å². The zero-order chi connectivity index (χ0) is 13.0. The molecular formula is C15H24N2S. The van der Waals surface area contributed by atoms with Crippen molar-refractivity contribution >= 4 is 17.4 Å². The van der Waals surface area contributed by atoms with E-state index in [9.17, 15) is 0 Å². The van der Waals surface area contributed by atoms with Crippen LogP contribution in [0.5, 0.6) is 0 Å². The van der Waals surface area contributed by atoms with Gasteiger partial charge in [0.05, 0.1) is 0 Å². The summed E-state index contributed by atoms with van der Waals surface area (Å²) >= 11 is 1.79. The molecule has 1 aromatic rings. The van der Waals surface area contributed by atoms with Crippen LogP contribution < -0.4 is 10.6 Å². The molecule has 0 aliphatic heterocycles. The van der Waals surface area contributed by atoms with Crippen molar-refractivity contribution < 1.29 is 0 Å². The highest BCUT2D eigenvalue weighted by Crippen LogP contribution is 2.33. The number of anilines is 1. The zero-order valence-corrected chi connectivity index (χ0v) is 12.3. The molecule has 0 aromatic heterocycles. The highest BCUT2D eigenvalue weighted by atomic mass is 32.2. The molecule has 0 atom stereocenters. The lowest BCUT2D eigenvalue weighted by Gasteiger charge is -2.34. The fourth-order valence-corrected chi connectivity index (χ4v) is 3.28. The van der Waals surface area contributed by atoms with E-state index in [0.717, 1.165) is 12.5 Å². The second kappa shape index (κ2) is 6.48. The summed E-state index contributed by atoms with van der Waals surface area (Å²) in [5.41, 5.74) is 8.61. The minimum atomic E-state index is 0.632. The Kier molecular flexibility index (Phi) is 4.95. The fourth-order valence-electron chi connectivity index (χ4n) is 2.63. The van der Waals surface area contributed by atoms with Crippen molar-refractivity contribution in [1.29, 1.82) is 0 Å². The third-order valence-electron chi connectivity index (χ3n) is 3.96. The Balaban J connectivity index is 2.22. The second-order valence-corrected chi connectivity index (χ2v) is 5.85. The molecule has 0 spiro atoms. The summed E-state index contributed by atoms with van der Waals surface area (Å²) in [6.07, 6.45) is 6.34. The van der Waals surface area contributed by atoms with Gasteiger partial charge in [0, 0.05) is 35.8 Å². The Bertz CT molecular complexity index is 388. The van der Waals surface area contributed by atoms with Crippen LogP contribution in [0.4, 0.5) is 5.69 Å². The molecule has 1 fully saturated rings. The third kappa shape index (κ3) is 2.83. The molecule has 2 nitrogen and oxygen atoms in total. The van der Waals surface area contributed by atoms with Gasteiger partial charge in [-0.05, 0) is 44.1 Å². The molecule has 0 radical (unpaired) electrons. The van der Waals surface area contributed by atoms with E-state index in [1.54, 1.807) is 11.8 Å². The zero-order valence-electron chi connectivity index (χ0n) is 11.5. The number of benzene rings is 1. The van der Waals surface area contributed by atoms with Crippen LogP contribution in [0.25, 0.3) is 0 Å². The Labute approximate surface area is 115 Å². The van der Waals surface area contributed by atoms with Crippen LogP contribution in [0.1, 0.15) is 31.7 Å². The summed E-state index contributed by atoms with van der Waals surface area (Å²) in [5, 5.41) is 0. The van der Waals surface area contributed by atoms with E-state index in [1.165, 1.54) is 42.0 Å². The topological polar surface area (TPSA) is 29.3 Å². The first-order valence-electron chi connectivity index (χ1n) is 6.91. The molecule has 0 unspecified atom stereocenters. The summed E-state index contributed by atoms with van der Waals surface area (Å²) in [7, 11) is 0. The summed E-state index contributed by atoms with van der Waals surface area (Å²) in [4.78, 5) is 3.83. The van der Waals surface area contributed by atoms with Crippen molar-refractivity contribution in [3.63, 3.8) is 0 Å². The van der Waals surface area contributed by atoms with Crippen LogP contribution in [0.2, 0.25) is 0 Å². The van der Waals surface area contributed by atoms with Gasteiger partial charge in [-0.15, -0.1) is 11.8 Å². The molecular weight excluding hydrogens is 240 g/mol. The predicted octanol–water partition coefficient (Wildman–Crippen LogP) is 3.49. The second-order valence-electron chi connectivity index (χ2n) is 5.00. The number of nitrogens with two attached hydrogens (primary N) is 1. The van der Waals surface area contributed by atoms with Gasteiger partial charge in [0.1, 0.15) is 0 Å². The average molecular weight is 264 g/mol. The molecule has 0 heterocycles. The molecule has 2 rings (SSSR count). The van der Waals surface area contributed by atoms with Crippen LogP contribution in [0.3, 0.4) is 0 Å². The van der Waals surface area contributed by atoms with Gasteiger partial charge in [0.25, 0.3) is 0 Å². The number of nitrogens with zero attached hydrogens (tertiary/aromatic N) is 1. The maximum Gasteiger partial charge on any atom is 0.0423 e. The maximum absolute atomic E-state index is 5.96. The quantitative estimate of drug-likeness (QED) is 0.797. The predicted molar refractivity (Wildman–Crippen MR) is 81.3 cm³/mol. The van der Waals surface area contributed by atoms with Crippen LogP contribution in [-0.2, 0) is 6.54 Å². The van der Waals surface area contributed by atoms with Gasteiger partial charge in [0.15, 0.2) is 0 Å². The van der Waals surface area contributed by atoms with Gasteiger partial charge < -0.3 is 10.6 Å². The number of hydrogen-bond donors (Lipinski definition) is 1. The van der Waals surface area contributed by atoms with E-state index in [-0.39, 0.29) is 0 Å². The van der Waals surface area contributed by atoms with Crippen LogP contribution in [0.15, 0.2) is 23.1 Å². The minimum absolute atomic E-state index is 0.632. The van der Waals surface area contributed by atoms with Crippen molar-refractivity contribution in [1.82, 2.24) is 0 Å². The summed E-state index contributed by atoms with van der Waals surface area (Å²) < 4.78 is 0. The Morgan fingerprint density at radius 2 is 2.17 bits per heavy atom. The first-order valence-corrected chi connectivity index (χ1v) is 8.13. The first kappa shape index (κ1) is 13.8. The normalized spacial score (nSPS) is 15.5. The highest BCUT2D eigenvalue weighted by Gasteiger charge is 2.21. The van der Waals surface area contributed by atoms with Gasteiger partial charge in [-0.25, -0.2) is 0 Å². The number of thioether (sulfide) groups is 1. The van der Waals surface area contributed by atoms with E-state index in [0.29, 0.717) is 6.54 Å². The lowest BCUT2D eigenvalue weighted by molar-refractivity contribution is 0.318. The van der Waals surface area contributed by atoms with Crippen molar-refractivity contribution in [2.75, 3.05) is 24.2 Å². The van der Waals surface area contributed by atoms with Crippen LogP contribution in [-0.4, -0.2) is 19.3 Å². The Hall–Kier alpha value is -0.670. The molecule has 18 heavy (non-hydrogen) atoms. The lowest BCUT2D eigenvalue weighted by atomic mass is 9.85. The van der Waals surface area contributed by atoms with Gasteiger partial charge in [-0.1, -0.05) is 12.5 Å². The van der Waals surface area contributed by atoms with E-state index >= 15 is 0 Å². The molecule has 1 saturated carbocycles. The number of rotatable bonds is 6. The van der Waals surface area contributed by atoms with E-state index in [2.05, 4.69) is 36.3 Å². The molecule has 1 aromatic carbocycles. The monoisotopic (exact) mass is 264 g/mol. The third-order valence-corrected chi connectivity index (χ3v) is 4.78. The molecule has 1 aliphatic carbocycles. The molecule has 0 bridgehead atoms. The van der Waals surface area contributed by atoms with Gasteiger partial charge >= 0.3 is 0 Å². The van der Waals surface area contributed by atoms with Gasteiger partial charge in [-0.2, -0.15) is 0 Å². The van der Waals surface area contributed by atoms with Crippen LogP contribution in [0, 0.1) is 5.92 Å². The van der Waals surface area contributed by atoms with Gasteiger partial charge in [0.2, 0.25) is 0 Å². The van der Waals surface area contributed by atoms with Gasteiger partial charge in [-0.3, -0.25) is 0 Å². The van der Waals surface area contributed by atoms with E-state index in [1.807, 2.05) is 0 Å². The molecule has 3 heteroatoms. The first-order chi connectivity index (χ1) is 8.80. The molecule has 100 valence electrons. The average Bonchev–Trinajstić information content (AvgIpc) is 2.37. The van der Waals surface area contributed by atoms with Crippen molar-refractivity contribution in [3.05, 3.63) is 23.8 Å². The summed E-state index contributed by atoms with van der Waals surface area (Å²) in [5.74, 6) is 0.897. The SMILES string of the molecule is CCN(CC1CCC1)c1cccc(SC)c1CN.